The molecule has 0 bridgehead atoms. The molecule has 0 unspecified atom stereocenters. The van der Waals surface area contributed by atoms with Crippen LogP contribution in [0.4, 0.5) is 0 Å². The Bertz CT molecular complexity index is 664. The summed E-state index contributed by atoms with van der Waals surface area (Å²) in [7, 11) is 0. The molecule has 0 radical (unpaired) electrons. The maximum atomic E-state index is 12.3. The van der Waals surface area contributed by atoms with E-state index in [0.717, 1.165) is 5.52 Å². The van der Waals surface area contributed by atoms with Crippen LogP contribution in [0, 0.1) is 5.41 Å². The molecule has 2 N–H and O–H groups in total. The Labute approximate surface area is 126 Å². The van der Waals surface area contributed by atoms with Crippen molar-refractivity contribution in [2.75, 3.05) is 6.54 Å². The highest BCUT2D eigenvalue weighted by Crippen LogP contribution is 2.26. The number of nitrogens with zero attached hydrogens (tertiary/aromatic N) is 2. The van der Waals surface area contributed by atoms with Gasteiger partial charge in [0.25, 0.3) is 5.91 Å². The van der Waals surface area contributed by atoms with Crippen molar-refractivity contribution in [3.63, 3.8) is 0 Å². The van der Waals surface area contributed by atoms with Gasteiger partial charge in [0.05, 0.1) is 15.6 Å². The topological polar surface area (TPSA) is 92.2 Å². The summed E-state index contributed by atoms with van der Waals surface area (Å²) in [6.45, 7) is 3.71. The molecule has 1 amide bonds. The van der Waals surface area contributed by atoms with E-state index in [1.54, 1.807) is 0 Å². The largest absolute Gasteiger partial charge is 0.481 e. The monoisotopic (exact) mass is 307 g/mol. The van der Waals surface area contributed by atoms with Crippen LogP contribution >= 0.6 is 11.3 Å². The summed E-state index contributed by atoms with van der Waals surface area (Å²) in [6.07, 6.45) is 2.25. The van der Waals surface area contributed by atoms with Crippen molar-refractivity contribution in [2.24, 2.45) is 5.41 Å². The molecule has 0 aliphatic rings. The summed E-state index contributed by atoms with van der Waals surface area (Å²) < 4.78 is 0.712. The van der Waals surface area contributed by atoms with Crippen molar-refractivity contribution < 1.29 is 14.7 Å². The number of carbonyl (C=O) groups excluding carboxylic acids is 1. The predicted octanol–water partition coefficient (Wildman–Crippen LogP) is 2.31. The van der Waals surface area contributed by atoms with Crippen molar-refractivity contribution in [3.05, 3.63) is 23.5 Å². The van der Waals surface area contributed by atoms with Crippen LogP contribution < -0.4 is 5.32 Å². The molecule has 0 saturated heterocycles. The summed E-state index contributed by atoms with van der Waals surface area (Å²) in [4.78, 5) is 31.8. The Morgan fingerprint density at radius 2 is 2.05 bits per heavy atom. The van der Waals surface area contributed by atoms with E-state index in [2.05, 4.69) is 15.3 Å². The van der Waals surface area contributed by atoms with Crippen LogP contribution in [0.5, 0.6) is 0 Å². The third kappa shape index (κ3) is 2.87. The second kappa shape index (κ2) is 6.17. The quantitative estimate of drug-likeness (QED) is 0.854. The van der Waals surface area contributed by atoms with E-state index in [-0.39, 0.29) is 12.5 Å². The third-order valence-electron chi connectivity index (χ3n) is 3.85. The molecule has 2 heterocycles. The fourth-order valence-electron chi connectivity index (χ4n) is 2.16. The molecular formula is C14H17N3O3S. The molecule has 6 nitrogen and oxygen atoms in total. The van der Waals surface area contributed by atoms with E-state index >= 15 is 0 Å². The van der Waals surface area contributed by atoms with E-state index in [9.17, 15) is 14.7 Å². The number of amides is 1. The zero-order valence-corrected chi connectivity index (χ0v) is 12.7. The van der Waals surface area contributed by atoms with Gasteiger partial charge >= 0.3 is 5.97 Å². The van der Waals surface area contributed by atoms with Crippen LogP contribution in [0.25, 0.3) is 10.2 Å². The van der Waals surface area contributed by atoms with Gasteiger partial charge in [-0.25, -0.2) is 9.97 Å². The maximum absolute atomic E-state index is 12.3. The SMILES string of the molecule is CCC(CC)(CNC(=O)c1ncnc2ccsc12)C(=O)O. The minimum absolute atomic E-state index is 0.0883. The third-order valence-corrected chi connectivity index (χ3v) is 4.76. The van der Waals surface area contributed by atoms with Crippen LogP contribution in [-0.4, -0.2) is 33.5 Å². The van der Waals surface area contributed by atoms with Crippen molar-refractivity contribution >= 4 is 33.4 Å². The summed E-state index contributed by atoms with van der Waals surface area (Å²) >= 11 is 1.39. The first-order valence-corrected chi connectivity index (χ1v) is 7.62. The minimum Gasteiger partial charge on any atom is -0.481 e. The van der Waals surface area contributed by atoms with E-state index in [1.807, 2.05) is 25.3 Å². The van der Waals surface area contributed by atoms with Crippen molar-refractivity contribution in [1.82, 2.24) is 15.3 Å². The second-order valence-electron chi connectivity index (χ2n) is 4.83. The summed E-state index contributed by atoms with van der Waals surface area (Å²) in [6, 6.07) is 1.82. The molecule has 0 saturated carbocycles. The number of hydrogen-bond donors (Lipinski definition) is 2. The summed E-state index contributed by atoms with van der Waals surface area (Å²) in [5, 5.41) is 13.9. The highest BCUT2D eigenvalue weighted by Gasteiger charge is 2.35. The fourth-order valence-corrected chi connectivity index (χ4v) is 2.99. The Morgan fingerprint density at radius 1 is 1.33 bits per heavy atom. The molecule has 112 valence electrons. The molecule has 0 aromatic carbocycles. The van der Waals surface area contributed by atoms with Gasteiger partial charge in [0.1, 0.15) is 12.0 Å². The van der Waals surface area contributed by atoms with E-state index in [0.29, 0.717) is 23.2 Å². The number of fused-ring (bicyclic) bond motifs is 1. The van der Waals surface area contributed by atoms with Crippen LogP contribution in [0.3, 0.4) is 0 Å². The van der Waals surface area contributed by atoms with E-state index in [1.165, 1.54) is 17.7 Å². The molecule has 0 fully saturated rings. The lowest BCUT2D eigenvalue weighted by Crippen LogP contribution is -2.42. The van der Waals surface area contributed by atoms with Crippen LogP contribution in [0.2, 0.25) is 0 Å². The number of carboxylic acid groups (broad SMARTS) is 1. The number of thiophene rings is 1. The van der Waals surface area contributed by atoms with Crippen molar-refractivity contribution in [3.8, 4) is 0 Å². The van der Waals surface area contributed by atoms with E-state index in [4.69, 9.17) is 0 Å². The Hall–Kier alpha value is -2.02. The Balaban J connectivity index is 2.18. The van der Waals surface area contributed by atoms with Gasteiger partial charge in [-0.1, -0.05) is 13.8 Å². The number of rotatable bonds is 6. The fraction of sp³-hybridized carbons (Fsp3) is 0.429. The zero-order valence-electron chi connectivity index (χ0n) is 11.9. The zero-order chi connectivity index (χ0) is 15.5. The summed E-state index contributed by atoms with van der Waals surface area (Å²) in [5.74, 6) is -1.26. The maximum Gasteiger partial charge on any atom is 0.311 e. The van der Waals surface area contributed by atoms with Gasteiger partial charge in [-0.15, -0.1) is 11.3 Å². The molecule has 0 aliphatic carbocycles. The lowest BCUT2D eigenvalue weighted by atomic mass is 9.82. The first kappa shape index (κ1) is 15.4. The Morgan fingerprint density at radius 3 is 2.67 bits per heavy atom. The number of carbonyl (C=O) groups is 2. The van der Waals surface area contributed by atoms with Gasteiger partial charge < -0.3 is 10.4 Å². The van der Waals surface area contributed by atoms with Crippen LogP contribution in [0.15, 0.2) is 17.8 Å². The number of nitrogens with one attached hydrogen (secondary N) is 1. The molecular weight excluding hydrogens is 290 g/mol. The van der Waals surface area contributed by atoms with Gasteiger partial charge in [-0.3, -0.25) is 9.59 Å². The number of aliphatic carboxylic acids is 1. The predicted molar refractivity (Wildman–Crippen MR) is 80.4 cm³/mol. The van der Waals surface area contributed by atoms with Crippen molar-refractivity contribution in [2.45, 2.75) is 26.7 Å². The van der Waals surface area contributed by atoms with Gasteiger partial charge in [-0.05, 0) is 24.3 Å². The molecule has 2 rings (SSSR count). The lowest BCUT2D eigenvalue weighted by molar-refractivity contribution is -0.149. The average Bonchev–Trinajstić information content (AvgIpc) is 2.96. The first-order valence-electron chi connectivity index (χ1n) is 6.74. The first-order chi connectivity index (χ1) is 10.0. The molecule has 7 heteroatoms. The molecule has 0 atom stereocenters. The smallest absolute Gasteiger partial charge is 0.311 e. The van der Waals surface area contributed by atoms with E-state index < -0.39 is 11.4 Å². The molecule has 2 aromatic heterocycles. The van der Waals surface area contributed by atoms with Gasteiger partial charge in [0.15, 0.2) is 0 Å². The highest BCUT2D eigenvalue weighted by molar-refractivity contribution is 7.17. The molecule has 0 spiro atoms. The van der Waals surface area contributed by atoms with Gasteiger partial charge in [-0.2, -0.15) is 0 Å². The highest BCUT2D eigenvalue weighted by atomic mass is 32.1. The molecule has 2 aromatic rings. The second-order valence-corrected chi connectivity index (χ2v) is 5.75. The van der Waals surface area contributed by atoms with Crippen LogP contribution in [-0.2, 0) is 4.79 Å². The van der Waals surface area contributed by atoms with Crippen molar-refractivity contribution in [1.29, 1.82) is 0 Å². The average molecular weight is 307 g/mol. The minimum atomic E-state index is -0.933. The number of hydrogen-bond acceptors (Lipinski definition) is 5. The molecule has 0 aliphatic heterocycles. The van der Waals surface area contributed by atoms with Gasteiger partial charge in [0.2, 0.25) is 0 Å². The number of carboxylic acids is 1. The Kier molecular flexibility index (Phi) is 4.52. The van der Waals surface area contributed by atoms with Crippen LogP contribution in [0.1, 0.15) is 37.2 Å². The lowest BCUT2D eigenvalue weighted by Gasteiger charge is -2.26. The standard InChI is InChI=1S/C14H17N3O3S/c1-3-14(4-2,13(19)20)7-15-12(18)10-11-9(5-6-21-11)16-8-17-10/h5-6,8H,3-4,7H2,1-2H3,(H,15,18)(H,19,20). The number of aromatic nitrogens is 2. The summed E-state index contributed by atoms with van der Waals surface area (Å²) in [5.41, 5.74) is 0.0779. The van der Waals surface area contributed by atoms with Gasteiger partial charge in [0, 0.05) is 6.54 Å². The normalized spacial score (nSPS) is 11.5. The molecule has 21 heavy (non-hydrogen) atoms.